The smallest absolute Gasteiger partial charge is 0.416 e. The fraction of sp³-hybridized carbons (Fsp3) is 0.167. The predicted molar refractivity (Wildman–Crippen MR) is 116 cm³/mol. The molecule has 0 radical (unpaired) electrons. The van der Waals surface area contributed by atoms with E-state index in [9.17, 15) is 27.9 Å². The van der Waals surface area contributed by atoms with Gasteiger partial charge >= 0.3 is 6.18 Å². The minimum Gasteiger partial charge on any atom is -0.504 e. The average molecular weight is 455 g/mol. The maximum absolute atomic E-state index is 13.4. The Kier molecular flexibility index (Phi) is 6.91. The van der Waals surface area contributed by atoms with Crippen molar-refractivity contribution in [1.29, 1.82) is 0 Å². The lowest BCUT2D eigenvalue weighted by Crippen LogP contribution is -2.23. The molecule has 33 heavy (non-hydrogen) atoms. The van der Waals surface area contributed by atoms with Crippen LogP contribution in [-0.2, 0) is 11.0 Å². The number of aryl methyl sites for hydroxylation is 2. The number of carbonyl (C=O) groups excluding carboxylic acids is 2. The molecule has 0 saturated heterocycles. The minimum atomic E-state index is -4.64. The Labute approximate surface area is 187 Å². The number of alkyl halides is 3. The second-order valence-electron chi connectivity index (χ2n) is 7.37. The second kappa shape index (κ2) is 9.64. The zero-order chi connectivity index (χ0) is 24.2. The molecule has 1 aromatic heterocycles. The monoisotopic (exact) mass is 455 g/mol. The molecule has 0 fully saturated rings. The van der Waals surface area contributed by atoms with Crippen LogP contribution in [0.2, 0.25) is 0 Å². The van der Waals surface area contributed by atoms with Gasteiger partial charge in [-0.25, -0.2) is 0 Å². The summed E-state index contributed by atoms with van der Waals surface area (Å²) < 4.78 is 40.1. The molecule has 170 valence electrons. The van der Waals surface area contributed by atoms with Crippen molar-refractivity contribution in [2.75, 3.05) is 5.32 Å². The van der Waals surface area contributed by atoms with Crippen molar-refractivity contribution < 1.29 is 27.9 Å². The van der Waals surface area contributed by atoms with Crippen molar-refractivity contribution in [2.45, 2.75) is 26.1 Å². The molecule has 2 aromatic carbocycles. The molecule has 3 rings (SSSR count). The van der Waals surface area contributed by atoms with Crippen LogP contribution < -0.4 is 5.32 Å². The Morgan fingerprint density at radius 3 is 2.30 bits per heavy atom. The number of carbonyl (C=O) groups is 2. The number of benzene rings is 2. The lowest BCUT2D eigenvalue weighted by atomic mass is 9.90. The highest BCUT2D eigenvalue weighted by atomic mass is 19.4. The van der Waals surface area contributed by atoms with Gasteiger partial charge in [0.25, 0.3) is 0 Å². The molecule has 0 aliphatic heterocycles. The normalized spacial score (nSPS) is 13.1. The summed E-state index contributed by atoms with van der Waals surface area (Å²) in [6, 6.07) is 12.4. The highest BCUT2D eigenvalue weighted by Crippen LogP contribution is 2.35. The van der Waals surface area contributed by atoms with Crippen LogP contribution >= 0.6 is 0 Å². The lowest BCUT2D eigenvalue weighted by molar-refractivity contribution is -0.137. The summed E-state index contributed by atoms with van der Waals surface area (Å²) in [6.45, 7) is 3.52. The summed E-state index contributed by atoms with van der Waals surface area (Å²) in [5.74, 6) is -1.50. The number of aldehydes is 1. The average Bonchev–Trinajstić information content (AvgIpc) is 2.79. The van der Waals surface area contributed by atoms with Gasteiger partial charge in [-0.1, -0.05) is 42.0 Å². The second-order valence-corrected chi connectivity index (χ2v) is 7.37. The summed E-state index contributed by atoms with van der Waals surface area (Å²) >= 11 is 0. The molecular weight excluding hydrogens is 435 g/mol. The third-order valence-corrected chi connectivity index (χ3v) is 4.87. The van der Waals surface area contributed by atoms with E-state index in [0.717, 1.165) is 17.7 Å². The van der Waals surface area contributed by atoms with E-state index in [1.807, 2.05) is 6.92 Å². The number of halogens is 3. The van der Waals surface area contributed by atoms with E-state index in [4.69, 9.17) is 0 Å². The molecule has 1 atom stereocenters. The minimum absolute atomic E-state index is 0.00365. The molecule has 0 amide bonds. The first-order valence-corrected chi connectivity index (χ1v) is 9.84. The molecule has 3 aromatic rings. The first-order valence-electron chi connectivity index (χ1n) is 9.84. The fourth-order valence-electron chi connectivity index (χ4n) is 3.16. The van der Waals surface area contributed by atoms with Crippen molar-refractivity contribution in [3.63, 3.8) is 0 Å². The number of hydrogen-bond acceptors (Lipinski definition) is 6. The van der Waals surface area contributed by atoms with Crippen molar-refractivity contribution in [3.8, 4) is 0 Å². The van der Waals surface area contributed by atoms with Crippen LogP contribution in [0.5, 0.6) is 0 Å². The van der Waals surface area contributed by atoms with Gasteiger partial charge in [-0.15, -0.1) is 5.10 Å². The number of ketones is 1. The Morgan fingerprint density at radius 1 is 1.03 bits per heavy atom. The lowest BCUT2D eigenvalue weighted by Gasteiger charge is -2.23. The topological polar surface area (TPSA) is 92.2 Å². The van der Waals surface area contributed by atoms with Crippen LogP contribution in [0.4, 0.5) is 19.0 Å². The summed E-state index contributed by atoms with van der Waals surface area (Å²) in [5.41, 5.74) is 0.247. The van der Waals surface area contributed by atoms with Gasteiger partial charge in [0.1, 0.15) is 5.82 Å². The standard InChI is InChI=1S/C24H20F3N3O3/c1-14-6-9-16(10-7-14)23(33)21(19(32)13-31)22(28-20-11-8-15(2)29-30-20)17-4-3-5-18(12-17)24(25,26)27/h3-13,22,32H,1-2H3,(H,28,30)/b21-19-. The number of nitrogens with zero attached hydrogens (tertiary/aromatic N) is 2. The molecule has 0 saturated carbocycles. The molecule has 6 nitrogen and oxygen atoms in total. The van der Waals surface area contributed by atoms with Crippen LogP contribution in [0.1, 0.15) is 38.8 Å². The third kappa shape index (κ3) is 5.62. The number of anilines is 1. The highest BCUT2D eigenvalue weighted by Gasteiger charge is 2.33. The Balaban J connectivity index is 2.18. The van der Waals surface area contributed by atoms with Gasteiger partial charge < -0.3 is 10.4 Å². The maximum Gasteiger partial charge on any atom is 0.416 e. The molecule has 0 bridgehead atoms. The number of hydrogen-bond donors (Lipinski definition) is 2. The van der Waals surface area contributed by atoms with Gasteiger partial charge in [-0.2, -0.15) is 18.3 Å². The van der Waals surface area contributed by atoms with E-state index in [2.05, 4.69) is 15.5 Å². The summed E-state index contributed by atoms with van der Waals surface area (Å²) in [5, 5.41) is 21.1. The van der Waals surface area contributed by atoms with Crippen LogP contribution in [0, 0.1) is 13.8 Å². The quantitative estimate of drug-likeness (QED) is 0.221. The van der Waals surface area contributed by atoms with Crippen molar-refractivity contribution in [1.82, 2.24) is 10.2 Å². The Bertz CT molecular complexity index is 1190. The molecule has 0 aliphatic carbocycles. The van der Waals surface area contributed by atoms with Crippen molar-refractivity contribution in [3.05, 3.63) is 99.9 Å². The molecule has 2 N–H and O–H groups in total. The Hall–Kier alpha value is -4.01. The molecule has 0 aliphatic rings. The number of aliphatic hydroxyl groups excluding tert-OH is 1. The fourth-order valence-corrected chi connectivity index (χ4v) is 3.16. The number of aliphatic hydroxyl groups is 1. The van der Waals surface area contributed by atoms with E-state index >= 15 is 0 Å². The van der Waals surface area contributed by atoms with Gasteiger partial charge in [0.15, 0.2) is 17.8 Å². The molecule has 1 unspecified atom stereocenters. The third-order valence-electron chi connectivity index (χ3n) is 4.87. The maximum atomic E-state index is 13.4. The van der Waals surface area contributed by atoms with Crippen LogP contribution in [0.15, 0.2) is 72.0 Å². The van der Waals surface area contributed by atoms with Crippen LogP contribution in [0.25, 0.3) is 0 Å². The van der Waals surface area contributed by atoms with E-state index < -0.39 is 34.9 Å². The highest BCUT2D eigenvalue weighted by molar-refractivity contribution is 6.12. The largest absolute Gasteiger partial charge is 0.504 e. The van der Waals surface area contributed by atoms with E-state index in [-0.39, 0.29) is 23.2 Å². The number of allylic oxidation sites excluding steroid dienone is 1. The van der Waals surface area contributed by atoms with Crippen molar-refractivity contribution in [2.24, 2.45) is 0 Å². The summed E-state index contributed by atoms with van der Waals surface area (Å²) in [6.07, 6.45) is -4.56. The summed E-state index contributed by atoms with van der Waals surface area (Å²) in [4.78, 5) is 24.8. The first kappa shape index (κ1) is 23.6. The summed E-state index contributed by atoms with van der Waals surface area (Å²) in [7, 11) is 0. The Morgan fingerprint density at radius 2 is 1.73 bits per heavy atom. The van der Waals surface area contributed by atoms with E-state index in [0.29, 0.717) is 5.69 Å². The predicted octanol–water partition coefficient (Wildman–Crippen LogP) is 5.16. The molecular formula is C24H20F3N3O3. The number of Topliss-reactive ketones (excluding diaryl/α,β-unsaturated/α-hetero) is 1. The molecule has 9 heteroatoms. The number of nitrogens with one attached hydrogen (secondary N) is 1. The van der Waals surface area contributed by atoms with E-state index in [1.54, 1.807) is 25.1 Å². The van der Waals surface area contributed by atoms with Gasteiger partial charge in [-0.05, 0) is 43.7 Å². The molecule has 0 spiro atoms. The van der Waals surface area contributed by atoms with Crippen molar-refractivity contribution >= 4 is 17.9 Å². The van der Waals surface area contributed by atoms with Gasteiger partial charge in [-0.3, -0.25) is 9.59 Å². The number of aromatic nitrogens is 2. The van der Waals surface area contributed by atoms with Gasteiger partial charge in [0.05, 0.1) is 22.9 Å². The first-order chi connectivity index (χ1) is 15.6. The van der Waals surface area contributed by atoms with Crippen LogP contribution in [0.3, 0.4) is 0 Å². The number of rotatable bonds is 7. The van der Waals surface area contributed by atoms with E-state index in [1.165, 1.54) is 30.3 Å². The zero-order valence-electron chi connectivity index (χ0n) is 17.7. The van der Waals surface area contributed by atoms with Gasteiger partial charge in [0, 0.05) is 5.56 Å². The van der Waals surface area contributed by atoms with Gasteiger partial charge in [0.2, 0.25) is 0 Å². The SMILES string of the molecule is Cc1ccc(C(=O)/C(=C(\O)C=O)C(Nc2ccc(C)nn2)c2cccc(C(F)(F)F)c2)cc1. The zero-order valence-corrected chi connectivity index (χ0v) is 17.7. The van der Waals surface area contributed by atoms with Crippen LogP contribution in [-0.4, -0.2) is 27.4 Å². The molecule has 1 heterocycles.